The number of aliphatic imine (C=N–C) groups is 1. The Balaban J connectivity index is 2.31. The number of ether oxygens (including phenoxy) is 2. The van der Waals surface area contributed by atoms with Gasteiger partial charge in [-0.2, -0.15) is 13.2 Å². The first-order valence-corrected chi connectivity index (χ1v) is 9.66. The number of alkyl halides is 3. The molecule has 2 rings (SSSR count). The van der Waals surface area contributed by atoms with Crippen molar-refractivity contribution in [3.05, 3.63) is 11.6 Å². The summed E-state index contributed by atoms with van der Waals surface area (Å²) in [6, 6.07) is -0.107. The fraction of sp³-hybridized carbons (Fsp3) is 0.789. The maximum Gasteiger partial charge on any atom is 0.393 e. The summed E-state index contributed by atoms with van der Waals surface area (Å²) in [4.78, 5) is 18.6. The Bertz CT molecular complexity index is 561. The third-order valence-electron chi connectivity index (χ3n) is 4.82. The molecule has 0 radical (unpaired) electrons. The molecule has 1 saturated heterocycles. The summed E-state index contributed by atoms with van der Waals surface area (Å²) >= 11 is 0. The van der Waals surface area contributed by atoms with E-state index < -0.39 is 18.1 Å². The van der Waals surface area contributed by atoms with Gasteiger partial charge in [0.15, 0.2) is 0 Å². The van der Waals surface area contributed by atoms with Crippen molar-refractivity contribution in [2.24, 2.45) is 10.9 Å². The summed E-state index contributed by atoms with van der Waals surface area (Å²) in [6.07, 6.45) is -0.240. The second-order valence-electron chi connectivity index (χ2n) is 7.06. The smallest absolute Gasteiger partial charge is 0.393 e. The molecule has 0 amide bonds. The predicted octanol–water partition coefficient (Wildman–Crippen LogP) is 3.74. The third-order valence-corrected chi connectivity index (χ3v) is 4.82. The molecule has 0 saturated carbocycles. The van der Waals surface area contributed by atoms with Gasteiger partial charge in [0.1, 0.15) is 5.84 Å². The van der Waals surface area contributed by atoms with Gasteiger partial charge in [-0.1, -0.05) is 0 Å². The molecule has 0 bridgehead atoms. The van der Waals surface area contributed by atoms with Crippen LogP contribution in [-0.2, 0) is 14.3 Å². The van der Waals surface area contributed by atoms with Gasteiger partial charge in [0, 0.05) is 31.9 Å². The average molecular weight is 390 g/mol. The maximum atomic E-state index is 13.2. The second-order valence-corrected chi connectivity index (χ2v) is 7.06. The Morgan fingerprint density at radius 3 is 2.81 bits per heavy atom. The lowest BCUT2D eigenvalue weighted by Crippen LogP contribution is -2.44. The highest BCUT2D eigenvalue weighted by molar-refractivity contribution is 6.01. The highest BCUT2D eigenvalue weighted by atomic mass is 19.4. The van der Waals surface area contributed by atoms with Crippen LogP contribution in [0.15, 0.2) is 16.6 Å². The number of hydrogen-bond donors (Lipinski definition) is 0. The number of carbonyl (C=O) groups is 1. The average Bonchev–Trinajstić information content (AvgIpc) is 2.66. The highest BCUT2D eigenvalue weighted by Crippen LogP contribution is 2.33. The molecule has 8 heteroatoms. The molecule has 0 aromatic heterocycles. The molecule has 0 aromatic carbocycles. The van der Waals surface area contributed by atoms with Gasteiger partial charge in [0.2, 0.25) is 0 Å². The zero-order valence-corrected chi connectivity index (χ0v) is 16.1. The lowest BCUT2D eigenvalue weighted by Gasteiger charge is -2.35. The topological polar surface area (TPSA) is 51.1 Å². The minimum Gasteiger partial charge on any atom is -0.463 e. The van der Waals surface area contributed by atoms with E-state index in [9.17, 15) is 18.0 Å². The van der Waals surface area contributed by atoms with Crippen LogP contribution >= 0.6 is 0 Å². The summed E-state index contributed by atoms with van der Waals surface area (Å²) in [6.45, 7) is 5.32. The number of rotatable bonds is 2. The van der Waals surface area contributed by atoms with Crippen molar-refractivity contribution in [2.45, 2.75) is 58.2 Å². The quantitative estimate of drug-likeness (QED) is 0.674. The van der Waals surface area contributed by atoms with Crippen LogP contribution in [0.3, 0.4) is 0 Å². The number of esters is 1. The summed E-state index contributed by atoms with van der Waals surface area (Å²) in [5, 5.41) is 0. The first kappa shape index (κ1) is 21.7. The SMILES string of the molecule is CCOC(=O)/C1=C/C(N2CCCC(C(F)(F)F)C2)=N\C(C)CCOCCC1. The zero-order chi connectivity index (χ0) is 19.9. The number of amidine groups is 1. The second kappa shape index (κ2) is 10.1. The van der Waals surface area contributed by atoms with Crippen molar-refractivity contribution in [2.75, 3.05) is 32.9 Å². The van der Waals surface area contributed by atoms with Crippen LogP contribution in [0.1, 0.15) is 46.0 Å². The number of halogens is 3. The van der Waals surface area contributed by atoms with Gasteiger partial charge < -0.3 is 14.4 Å². The summed E-state index contributed by atoms with van der Waals surface area (Å²) < 4.78 is 50.3. The Morgan fingerprint density at radius 1 is 1.33 bits per heavy atom. The highest BCUT2D eigenvalue weighted by Gasteiger charge is 2.42. The minimum atomic E-state index is -4.22. The molecule has 2 aliphatic rings. The molecular weight excluding hydrogens is 361 g/mol. The number of likely N-dealkylation sites (tertiary alicyclic amines) is 1. The summed E-state index contributed by atoms with van der Waals surface area (Å²) in [5.41, 5.74) is 0.433. The Labute approximate surface area is 158 Å². The number of nitrogens with zero attached hydrogens (tertiary/aromatic N) is 2. The molecule has 0 aliphatic carbocycles. The van der Waals surface area contributed by atoms with Crippen molar-refractivity contribution in [1.29, 1.82) is 0 Å². The Morgan fingerprint density at radius 2 is 2.11 bits per heavy atom. The number of carbonyl (C=O) groups excluding carboxylic acids is 1. The molecule has 2 aliphatic heterocycles. The van der Waals surface area contributed by atoms with Crippen molar-refractivity contribution < 1.29 is 27.4 Å². The van der Waals surface area contributed by atoms with E-state index in [1.165, 1.54) is 0 Å². The first-order valence-electron chi connectivity index (χ1n) is 9.66. The van der Waals surface area contributed by atoms with E-state index in [1.807, 2.05) is 6.92 Å². The number of hydrogen-bond acceptors (Lipinski definition) is 5. The maximum absolute atomic E-state index is 13.2. The molecule has 5 nitrogen and oxygen atoms in total. The van der Waals surface area contributed by atoms with Gasteiger partial charge in [0.25, 0.3) is 0 Å². The van der Waals surface area contributed by atoms with Gasteiger partial charge in [-0.15, -0.1) is 0 Å². The molecule has 154 valence electrons. The normalized spacial score (nSPS) is 29.7. The fourth-order valence-corrected chi connectivity index (χ4v) is 3.29. The largest absolute Gasteiger partial charge is 0.463 e. The van der Waals surface area contributed by atoms with Crippen LogP contribution in [0.25, 0.3) is 0 Å². The zero-order valence-electron chi connectivity index (χ0n) is 16.1. The van der Waals surface area contributed by atoms with Gasteiger partial charge in [0.05, 0.1) is 18.6 Å². The third kappa shape index (κ3) is 6.83. The van der Waals surface area contributed by atoms with E-state index in [-0.39, 0.29) is 25.6 Å². The van der Waals surface area contributed by atoms with Crippen molar-refractivity contribution >= 4 is 11.8 Å². The molecule has 2 unspecified atom stereocenters. The molecule has 2 atom stereocenters. The molecule has 0 aromatic rings. The lowest BCUT2D eigenvalue weighted by atomic mass is 9.97. The first-order chi connectivity index (χ1) is 12.8. The fourth-order valence-electron chi connectivity index (χ4n) is 3.29. The summed E-state index contributed by atoms with van der Waals surface area (Å²) in [5.74, 6) is -1.37. The molecule has 2 heterocycles. The van der Waals surface area contributed by atoms with Crippen LogP contribution < -0.4 is 0 Å². The van der Waals surface area contributed by atoms with Crippen LogP contribution in [0.2, 0.25) is 0 Å². The lowest BCUT2D eigenvalue weighted by molar-refractivity contribution is -0.183. The van der Waals surface area contributed by atoms with E-state index in [1.54, 1.807) is 17.9 Å². The minimum absolute atomic E-state index is 0.107. The van der Waals surface area contributed by atoms with E-state index >= 15 is 0 Å². The van der Waals surface area contributed by atoms with E-state index in [0.717, 1.165) is 0 Å². The predicted molar refractivity (Wildman–Crippen MR) is 96.6 cm³/mol. The van der Waals surface area contributed by atoms with E-state index in [2.05, 4.69) is 4.99 Å². The van der Waals surface area contributed by atoms with Crippen LogP contribution in [0, 0.1) is 5.92 Å². The molecule has 1 fully saturated rings. The molecule has 0 spiro atoms. The number of piperidine rings is 1. The van der Waals surface area contributed by atoms with Gasteiger partial charge in [-0.25, -0.2) is 4.79 Å². The van der Waals surface area contributed by atoms with Gasteiger partial charge in [-0.3, -0.25) is 4.99 Å². The van der Waals surface area contributed by atoms with E-state index in [0.29, 0.717) is 56.9 Å². The monoisotopic (exact) mass is 390 g/mol. The van der Waals surface area contributed by atoms with E-state index in [4.69, 9.17) is 9.47 Å². The standard InChI is InChI=1S/C19H29F3N2O3/c1-3-27-18(25)15-6-5-10-26-11-8-14(2)23-17(12-15)24-9-4-7-16(13-24)19(20,21)22/h12,14,16H,3-11,13H2,1-2H3/b15-12+,23-17+. The van der Waals surface area contributed by atoms with Crippen molar-refractivity contribution in [1.82, 2.24) is 4.90 Å². The Kier molecular flexibility index (Phi) is 8.13. The van der Waals surface area contributed by atoms with Crippen molar-refractivity contribution in [3.8, 4) is 0 Å². The van der Waals surface area contributed by atoms with Crippen molar-refractivity contribution in [3.63, 3.8) is 0 Å². The van der Waals surface area contributed by atoms with Gasteiger partial charge >= 0.3 is 12.1 Å². The summed E-state index contributed by atoms with van der Waals surface area (Å²) in [7, 11) is 0. The molecule has 0 N–H and O–H groups in total. The van der Waals surface area contributed by atoms with Crippen LogP contribution in [0.4, 0.5) is 13.2 Å². The molecular formula is C19H29F3N2O3. The Hall–Kier alpha value is -1.57. The van der Waals surface area contributed by atoms with Crippen LogP contribution in [-0.4, -0.2) is 61.8 Å². The van der Waals surface area contributed by atoms with Gasteiger partial charge in [-0.05, 0) is 52.0 Å². The molecule has 27 heavy (non-hydrogen) atoms. The van der Waals surface area contributed by atoms with Crippen LogP contribution in [0.5, 0.6) is 0 Å².